The van der Waals surface area contributed by atoms with E-state index < -0.39 is 0 Å². The van der Waals surface area contributed by atoms with E-state index >= 15 is 0 Å². The van der Waals surface area contributed by atoms with E-state index in [9.17, 15) is 9.59 Å². The van der Waals surface area contributed by atoms with E-state index in [1.807, 2.05) is 32.0 Å². The van der Waals surface area contributed by atoms with Gasteiger partial charge in [-0.15, -0.1) is 0 Å². The van der Waals surface area contributed by atoms with Gasteiger partial charge in [0.25, 0.3) is 0 Å². The first-order valence-corrected chi connectivity index (χ1v) is 8.31. The number of benzene rings is 1. The minimum absolute atomic E-state index is 0.0554. The molecule has 0 unspecified atom stereocenters. The number of amides is 2. The third kappa shape index (κ3) is 1.99. The van der Waals surface area contributed by atoms with Crippen molar-refractivity contribution in [3.8, 4) is 0 Å². The summed E-state index contributed by atoms with van der Waals surface area (Å²) in [5, 5.41) is 1.17. The third-order valence-electron chi connectivity index (χ3n) is 5.12. The highest BCUT2D eigenvalue weighted by Crippen LogP contribution is 2.38. The van der Waals surface area contributed by atoms with Crippen molar-refractivity contribution in [2.75, 3.05) is 13.1 Å². The van der Waals surface area contributed by atoms with Crippen LogP contribution in [0.5, 0.6) is 0 Å². The Labute approximate surface area is 135 Å². The minimum atomic E-state index is -0.357. The molecule has 23 heavy (non-hydrogen) atoms. The lowest BCUT2D eigenvalue weighted by molar-refractivity contribution is -0.159. The molecule has 2 aromatic rings. The number of piperazine rings is 1. The van der Waals surface area contributed by atoms with E-state index in [2.05, 4.69) is 11.1 Å². The van der Waals surface area contributed by atoms with Gasteiger partial charge in [0.15, 0.2) is 0 Å². The Kier molecular flexibility index (Phi) is 3.18. The van der Waals surface area contributed by atoms with Gasteiger partial charge in [-0.1, -0.05) is 25.1 Å². The van der Waals surface area contributed by atoms with Crippen LogP contribution >= 0.6 is 0 Å². The largest absolute Gasteiger partial charge is 0.356 e. The fourth-order valence-electron chi connectivity index (χ4n) is 4.09. The molecule has 2 aliphatic heterocycles. The maximum absolute atomic E-state index is 12.8. The predicted octanol–water partition coefficient (Wildman–Crippen LogP) is 2.23. The van der Waals surface area contributed by atoms with Crippen LogP contribution in [0, 0.1) is 0 Å². The molecule has 1 aromatic heterocycles. The highest BCUT2D eigenvalue weighted by Gasteiger charge is 2.45. The van der Waals surface area contributed by atoms with E-state index in [4.69, 9.17) is 0 Å². The van der Waals surface area contributed by atoms with Gasteiger partial charge >= 0.3 is 0 Å². The topological polar surface area (TPSA) is 56.4 Å². The highest BCUT2D eigenvalue weighted by molar-refractivity contribution is 5.97. The van der Waals surface area contributed by atoms with Gasteiger partial charge in [-0.05, 0) is 25.0 Å². The number of hydrogen-bond acceptors (Lipinski definition) is 2. The molecule has 4 rings (SSSR count). The summed E-state index contributed by atoms with van der Waals surface area (Å²) in [6, 6.07) is 7.71. The number of carbonyl (C=O) groups excluding carboxylic acids is 2. The van der Waals surface area contributed by atoms with Gasteiger partial charge in [0, 0.05) is 29.6 Å². The first-order valence-electron chi connectivity index (χ1n) is 8.31. The summed E-state index contributed by atoms with van der Waals surface area (Å²) >= 11 is 0. The molecular weight excluding hydrogens is 290 g/mol. The molecule has 1 fully saturated rings. The maximum atomic E-state index is 12.8. The number of carbonyl (C=O) groups is 2. The van der Waals surface area contributed by atoms with Crippen LogP contribution in [-0.4, -0.2) is 45.7 Å². The molecule has 3 heterocycles. The zero-order valence-corrected chi connectivity index (χ0v) is 13.5. The lowest BCUT2D eigenvalue weighted by Gasteiger charge is -2.45. The molecule has 0 spiro atoms. The number of hydrogen-bond donors (Lipinski definition) is 1. The minimum Gasteiger partial charge on any atom is -0.356 e. The molecule has 5 nitrogen and oxygen atoms in total. The van der Waals surface area contributed by atoms with Gasteiger partial charge in [0.1, 0.15) is 6.04 Å². The van der Waals surface area contributed by atoms with Crippen LogP contribution < -0.4 is 0 Å². The Morgan fingerprint density at radius 1 is 1.26 bits per heavy atom. The van der Waals surface area contributed by atoms with Gasteiger partial charge in [-0.3, -0.25) is 9.59 Å². The van der Waals surface area contributed by atoms with Crippen LogP contribution in [0.2, 0.25) is 0 Å². The summed E-state index contributed by atoms with van der Waals surface area (Å²) in [5.41, 5.74) is 3.34. The van der Waals surface area contributed by atoms with Crippen molar-refractivity contribution in [2.24, 2.45) is 0 Å². The molecule has 0 saturated carbocycles. The Balaban J connectivity index is 1.80. The molecule has 1 aromatic carbocycles. The van der Waals surface area contributed by atoms with E-state index in [-0.39, 0.29) is 30.4 Å². The smallest absolute Gasteiger partial charge is 0.246 e. The van der Waals surface area contributed by atoms with Crippen molar-refractivity contribution in [1.82, 2.24) is 14.8 Å². The Morgan fingerprint density at radius 3 is 2.83 bits per heavy atom. The first kappa shape index (κ1) is 14.3. The van der Waals surface area contributed by atoms with Crippen molar-refractivity contribution in [3.63, 3.8) is 0 Å². The third-order valence-corrected chi connectivity index (χ3v) is 5.12. The van der Waals surface area contributed by atoms with Crippen molar-refractivity contribution >= 4 is 22.7 Å². The molecule has 5 heteroatoms. The number of nitrogens with one attached hydrogen (secondary N) is 1. The molecule has 2 atom stereocenters. The molecule has 1 saturated heterocycles. The monoisotopic (exact) mass is 311 g/mol. The van der Waals surface area contributed by atoms with Gasteiger partial charge in [-0.2, -0.15) is 0 Å². The van der Waals surface area contributed by atoms with Crippen LogP contribution in [0.4, 0.5) is 0 Å². The summed E-state index contributed by atoms with van der Waals surface area (Å²) in [4.78, 5) is 32.4. The average Bonchev–Trinajstić information content (AvgIpc) is 2.92. The van der Waals surface area contributed by atoms with Crippen molar-refractivity contribution < 1.29 is 9.59 Å². The Bertz CT molecular complexity index is 795. The quantitative estimate of drug-likeness (QED) is 0.924. The van der Waals surface area contributed by atoms with Crippen molar-refractivity contribution in [1.29, 1.82) is 0 Å². The van der Waals surface area contributed by atoms with Crippen LogP contribution in [-0.2, 0) is 16.0 Å². The lowest BCUT2D eigenvalue weighted by atomic mass is 9.90. The predicted molar refractivity (Wildman–Crippen MR) is 87.9 cm³/mol. The van der Waals surface area contributed by atoms with E-state index in [1.54, 1.807) is 9.80 Å². The van der Waals surface area contributed by atoms with E-state index in [0.29, 0.717) is 13.0 Å². The average molecular weight is 311 g/mol. The number of rotatable bonds is 2. The maximum Gasteiger partial charge on any atom is 0.246 e. The fourth-order valence-corrected chi connectivity index (χ4v) is 4.09. The number of para-hydroxylation sites is 1. The first-order chi connectivity index (χ1) is 11.1. The number of aromatic nitrogens is 1. The van der Waals surface area contributed by atoms with E-state index in [0.717, 1.165) is 17.6 Å². The number of aromatic amines is 1. The molecule has 1 N–H and O–H groups in total. The number of nitrogens with zero attached hydrogens (tertiary/aromatic N) is 2. The van der Waals surface area contributed by atoms with Crippen LogP contribution in [0.3, 0.4) is 0 Å². The van der Waals surface area contributed by atoms with Crippen LogP contribution in [0.1, 0.15) is 37.6 Å². The standard InChI is InChI=1S/C18H21N3O2/c1-3-8-20-10-16(22)21-11(2)17-13(9-15(21)18(20)23)12-6-4-5-7-14(12)19-17/h4-7,11,15,19H,3,8-10H2,1-2H3/t11-,15-/m0/s1. The van der Waals surface area contributed by atoms with Crippen molar-refractivity contribution in [2.45, 2.75) is 38.8 Å². The number of fused-ring (bicyclic) bond motifs is 4. The molecule has 0 radical (unpaired) electrons. The second kappa shape index (κ2) is 5.11. The van der Waals surface area contributed by atoms with E-state index in [1.165, 1.54) is 10.9 Å². The molecule has 2 aliphatic rings. The van der Waals surface area contributed by atoms with Crippen LogP contribution in [0.15, 0.2) is 24.3 Å². The molecule has 0 bridgehead atoms. The summed E-state index contributed by atoms with van der Waals surface area (Å²) in [7, 11) is 0. The summed E-state index contributed by atoms with van der Waals surface area (Å²) in [6.07, 6.45) is 1.48. The second-order valence-corrected chi connectivity index (χ2v) is 6.52. The molecular formula is C18H21N3O2. The Morgan fingerprint density at radius 2 is 2.04 bits per heavy atom. The SMILES string of the molecule is CCCN1CC(=O)N2[C@@H](Cc3c([nH]c4ccccc34)[C@@H]2C)C1=O. The summed E-state index contributed by atoms with van der Waals surface area (Å²) in [5.74, 6) is 0.147. The zero-order chi connectivity index (χ0) is 16.1. The van der Waals surface area contributed by atoms with Gasteiger partial charge in [0.2, 0.25) is 11.8 Å². The molecule has 0 aliphatic carbocycles. The van der Waals surface area contributed by atoms with Crippen LogP contribution in [0.25, 0.3) is 10.9 Å². The van der Waals surface area contributed by atoms with Gasteiger partial charge in [-0.25, -0.2) is 0 Å². The fraction of sp³-hybridized carbons (Fsp3) is 0.444. The molecule has 2 amide bonds. The zero-order valence-electron chi connectivity index (χ0n) is 13.5. The van der Waals surface area contributed by atoms with Gasteiger partial charge < -0.3 is 14.8 Å². The lowest BCUT2D eigenvalue weighted by Crippen LogP contribution is -2.62. The Hall–Kier alpha value is -2.30. The van der Waals surface area contributed by atoms with Gasteiger partial charge in [0.05, 0.1) is 12.6 Å². The molecule has 120 valence electrons. The highest BCUT2D eigenvalue weighted by atomic mass is 16.2. The second-order valence-electron chi connectivity index (χ2n) is 6.52. The number of H-pyrrole nitrogens is 1. The summed E-state index contributed by atoms with van der Waals surface area (Å²) < 4.78 is 0. The normalized spacial score (nSPS) is 24.1. The van der Waals surface area contributed by atoms with Crippen molar-refractivity contribution in [3.05, 3.63) is 35.5 Å². The summed E-state index contributed by atoms with van der Waals surface area (Å²) in [6.45, 7) is 4.92.